The van der Waals surface area contributed by atoms with Crippen molar-refractivity contribution in [3.63, 3.8) is 0 Å². The van der Waals surface area contributed by atoms with Crippen LogP contribution in [0, 0.1) is 0 Å². The molecule has 3 rings (SSSR count). The van der Waals surface area contributed by atoms with E-state index in [4.69, 9.17) is 16.3 Å². The Morgan fingerprint density at radius 2 is 1.84 bits per heavy atom. The summed E-state index contributed by atoms with van der Waals surface area (Å²) in [5.41, 5.74) is 1.54. The highest BCUT2D eigenvalue weighted by atomic mass is 35.5. The van der Waals surface area contributed by atoms with Gasteiger partial charge in [-0.25, -0.2) is 0 Å². The molecule has 0 aliphatic carbocycles. The van der Waals surface area contributed by atoms with E-state index in [1.165, 1.54) is 0 Å². The number of benzene rings is 2. The molecule has 1 unspecified atom stereocenters. The van der Waals surface area contributed by atoms with Crippen LogP contribution in [-0.2, 0) is 0 Å². The summed E-state index contributed by atoms with van der Waals surface area (Å²) in [5.74, 6) is 0.647. The first-order valence-electron chi connectivity index (χ1n) is 6.03. The van der Waals surface area contributed by atoms with Crippen LogP contribution in [0.2, 0.25) is 5.02 Å². The number of rotatable bonds is 2. The zero-order valence-electron chi connectivity index (χ0n) is 10.1. The lowest BCUT2D eigenvalue weighted by molar-refractivity contribution is 0.0803. The van der Waals surface area contributed by atoms with E-state index in [0.717, 1.165) is 5.69 Å². The number of halogens is 1. The highest BCUT2D eigenvalue weighted by Crippen LogP contribution is 2.24. The van der Waals surface area contributed by atoms with E-state index < -0.39 is 6.10 Å². The van der Waals surface area contributed by atoms with Crippen molar-refractivity contribution < 1.29 is 9.53 Å². The highest BCUT2D eigenvalue weighted by Gasteiger charge is 2.28. The predicted octanol–water partition coefficient (Wildman–Crippen LogP) is 3.40. The molecule has 96 valence electrons. The third-order valence-corrected chi connectivity index (χ3v) is 3.31. The van der Waals surface area contributed by atoms with Crippen molar-refractivity contribution in [2.24, 2.45) is 0 Å². The fourth-order valence-corrected chi connectivity index (χ4v) is 2.22. The molecule has 2 aromatic rings. The maximum absolute atomic E-state index is 12.3. The normalized spacial score (nSPS) is 17.5. The molecule has 0 saturated carbocycles. The van der Waals surface area contributed by atoms with Gasteiger partial charge in [-0.2, -0.15) is 0 Å². The van der Waals surface area contributed by atoms with Gasteiger partial charge in [0.05, 0.1) is 6.54 Å². The van der Waals surface area contributed by atoms with E-state index in [-0.39, 0.29) is 5.78 Å². The average Bonchev–Trinajstić information content (AvgIpc) is 2.45. The summed E-state index contributed by atoms with van der Waals surface area (Å²) in [4.78, 5) is 12.3. The third kappa shape index (κ3) is 2.42. The van der Waals surface area contributed by atoms with Crippen molar-refractivity contribution >= 4 is 23.1 Å². The van der Waals surface area contributed by atoms with E-state index in [9.17, 15) is 4.79 Å². The van der Waals surface area contributed by atoms with Crippen LogP contribution in [0.25, 0.3) is 0 Å². The fourth-order valence-electron chi connectivity index (χ4n) is 2.09. The third-order valence-electron chi connectivity index (χ3n) is 3.05. The van der Waals surface area contributed by atoms with Gasteiger partial charge in [0, 0.05) is 16.3 Å². The monoisotopic (exact) mass is 273 g/mol. The Labute approximate surface area is 116 Å². The minimum Gasteiger partial charge on any atom is -0.480 e. The van der Waals surface area contributed by atoms with Gasteiger partial charge in [0.25, 0.3) is 0 Å². The van der Waals surface area contributed by atoms with Crippen LogP contribution in [0.4, 0.5) is 5.69 Å². The topological polar surface area (TPSA) is 38.3 Å². The number of anilines is 1. The molecular weight excluding hydrogens is 262 g/mol. The average molecular weight is 274 g/mol. The molecule has 1 atom stereocenters. The standard InChI is InChI=1S/C15H12ClNO2/c16-10-5-7-11(8-6-10)19-14-9-17-13-4-2-1-3-12(13)15(14)18/h1-8,14,17H,9H2. The molecular formula is C15H12ClNO2. The molecule has 1 aliphatic heterocycles. The van der Waals surface area contributed by atoms with Gasteiger partial charge < -0.3 is 10.1 Å². The Hall–Kier alpha value is -2.00. The number of ketones is 1. The minimum atomic E-state index is -0.504. The van der Waals surface area contributed by atoms with Crippen molar-refractivity contribution in [1.82, 2.24) is 0 Å². The van der Waals surface area contributed by atoms with Crippen LogP contribution < -0.4 is 10.1 Å². The lowest BCUT2D eigenvalue weighted by Crippen LogP contribution is -2.38. The molecule has 0 saturated heterocycles. The van der Waals surface area contributed by atoms with E-state index >= 15 is 0 Å². The molecule has 1 heterocycles. The van der Waals surface area contributed by atoms with Crippen molar-refractivity contribution in [1.29, 1.82) is 0 Å². The first kappa shape index (κ1) is 12.1. The highest BCUT2D eigenvalue weighted by molar-refractivity contribution is 6.30. The molecule has 1 N–H and O–H groups in total. The number of Topliss-reactive ketones (excluding diaryl/α,β-unsaturated/α-hetero) is 1. The Balaban J connectivity index is 1.81. The molecule has 0 aromatic heterocycles. The lowest BCUT2D eigenvalue weighted by atomic mass is 10.00. The number of para-hydroxylation sites is 1. The van der Waals surface area contributed by atoms with Gasteiger partial charge in [0.1, 0.15) is 5.75 Å². The second kappa shape index (κ2) is 4.94. The lowest BCUT2D eigenvalue weighted by Gasteiger charge is -2.25. The molecule has 0 spiro atoms. The van der Waals surface area contributed by atoms with E-state index in [2.05, 4.69) is 5.32 Å². The molecule has 1 aliphatic rings. The van der Waals surface area contributed by atoms with Gasteiger partial charge in [0.15, 0.2) is 6.10 Å². The number of carbonyl (C=O) groups excluding carboxylic acids is 1. The van der Waals surface area contributed by atoms with Crippen LogP contribution in [-0.4, -0.2) is 18.4 Å². The van der Waals surface area contributed by atoms with Crippen molar-refractivity contribution in [2.45, 2.75) is 6.10 Å². The van der Waals surface area contributed by atoms with E-state index in [1.807, 2.05) is 24.3 Å². The molecule has 2 aromatic carbocycles. The van der Waals surface area contributed by atoms with Crippen molar-refractivity contribution in [3.05, 3.63) is 59.1 Å². The van der Waals surface area contributed by atoms with Crippen LogP contribution in [0.3, 0.4) is 0 Å². The van der Waals surface area contributed by atoms with Gasteiger partial charge in [-0.1, -0.05) is 23.7 Å². The first-order valence-corrected chi connectivity index (χ1v) is 6.41. The molecule has 0 amide bonds. The number of hydrogen-bond donors (Lipinski definition) is 1. The minimum absolute atomic E-state index is 0.00398. The van der Waals surface area contributed by atoms with Crippen LogP contribution >= 0.6 is 11.6 Å². The zero-order valence-corrected chi connectivity index (χ0v) is 10.9. The summed E-state index contributed by atoms with van der Waals surface area (Å²) in [6.07, 6.45) is -0.504. The Morgan fingerprint density at radius 3 is 2.63 bits per heavy atom. The Bertz CT molecular complexity index is 610. The number of fused-ring (bicyclic) bond motifs is 1. The van der Waals surface area contributed by atoms with Gasteiger partial charge in [0.2, 0.25) is 5.78 Å². The number of carbonyl (C=O) groups is 1. The summed E-state index contributed by atoms with van der Waals surface area (Å²) in [7, 11) is 0. The van der Waals surface area contributed by atoms with Gasteiger partial charge in [-0.3, -0.25) is 4.79 Å². The van der Waals surface area contributed by atoms with E-state index in [0.29, 0.717) is 22.9 Å². The molecule has 19 heavy (non-hydrogen) atoms. The maximum atomic E-state index is 12.3. The summed E-state index contributed by atoms with van der Waals surface area (Å²) < 4.78 is 5.71. The predicted molar refractivity (Wildman–Crippen MR) is 75.1 cm³/mol. The van der Waals surface area contributed by atoms with Crippen molar-refractivity contribution in [2.75, 3.05) is 11.9 Å². The quantitative estimate of drug-likeness (QED) is 0.911. The van der Waals surface area contributed by atoms with Crippen molar-refractivity contribution in [3.8, 4) is 5.75 Å². The van der Waals surface area contributed by atoms with Crippen LogP contribution in [0.5, 0.6) is 5.75 Å². The van der Waals surface area contributed by atoms with Gasteiger partial charge in [-0.15, -0.1) is 0 Å². The van der Waals surface area contributed by atoms with Crippen LogP contribution in [0.15, 0.2) is 48.5 Å². The summed E-state index contributed by atoms with van der Waals surface area (Å²) in [6.45, 7) is 0.471. The number of hydrogen-bond acceptors (Lipinski definition) is 3. The molecule has 0 radical (unpaired) electrons. The first-order chi connectivity index (χ1) is 9.24. The van der Waals surface area contributed by atoms with Gasteiger partial charge in [-0.05, 0) is 36.4 Å². The smallest absolute Gasteiger partial charge is 0.207 e. The molecule has 0 fully saturated rings. The SMILES string of the molecule is O=C1c2ccccc2NCC1Oc1ccc(Cl)cc1. The second-order valence-electron chi connectivity index (χ2n) is 4.35. The summed E-state index contributed by atoms with van der Waals surface area (Å²) in [6, 6.07) is 14.5. The largest absolute Gasteiger partial charge is 0.480 e. The summed E-state index contributed by atoms with van der Waals surface area (Å²) >= 11 is 5.82. The molecule has 4 heteroatoms. The Kier molecular flexibility index (Phi) is 3.13. The van der Waals surface area contributed by atoms with Crippen LogP contribution in [0.1, 0.15) is 10.4 Å². The van der Waals surface area contributed by atoms with Gasteiger partial charge >= 0.3 is 0 Å². The Morgan fingerprint density at radius 1 is 1.11 bits per heavy atom. The number of nitrogens with one attached hydrogen (secondary N) is 1. The number of ether oxygens (including phenoxy) is 1. The molecule has 3 nitrogen and oxygen atoms in total. The summed E-state index contributed by atoms with van der Waals surface area (Å²) in [5, 5.41) is 3.85. The maximum Gasteiger partial charge on any atom is 0.207 e. The second-order valence-corrected chi connectivity index (χ2v) is 4.79. The van der Waals surface area contributed by atoms with E-state index in [1.54, 1.807) is 24.3 Å². The molecule has 0 bridgehead atoms. The fraction of sp³-hybridized carbons (Fsp3) is 0.133. The zero-order chi connectivity index (χ0) is 13.2.